The number of pyridine rings is 1. The molecule has 0 amide bonds. The van der Waals surface area contributed by atoms with E-state index in [4.69, 9.17) is 0 Å². The van der Waals surface area contributed by atoms with Crippen molar-refractivity contribution >= 4 is 33.4 Å². The Morgan fingerprint density at radius 3 is 2.59 bits per heavy atom. The molecule has 1 aliphatic rings. The van der Waals surface area contributed by atoms with E-state index in [0.717, 1.165) is 17.8 Å². The van der Waals surface area contributed by atoms with Crippen LogP contribution in [-0.4, -0.2) is 0 Å². The number of benzene rings is 2. The molecule has 0 saturated heterocycles. The number of hydrogen-bond acceptors (Lipinski definition) is 1. The van der Waals surface area contributed by atoms with Crippen LogP contribution in [0.2, 0.25) is 0 Å². The van der Waals surface area contributed by atoms with Gasteiger partial charge in [-0.2, -0.15) is 10.4 Å². The van der Waals surface area contributed by atoms with Crippen molar-refractivity contribution in [2.75, 3.05) is 0 Å². The summed E-state index contributed by atoms with van der Waals surface area (Å²) in [5.74, 6) is 0.634. The minimum Gasteiger partial charge on any atom is -0.663 e. The largest absolute Gasteiger partial charge is 0.663 e. The summed E-state index contributed by atoms with van der Waals surface area (Å²) in [4.78, 5) is 2.66. The highest BCUT2D eigenvalue weighted by Crippen LogP contribution is 2.41. The smallest absolute Gasteiger partial charge is 0.217 e. The standard InChI is InChI=1S/C31H32N2S/c1-20(2)15-24-19-28-30(34-24)26(11-13-32-28)22-12-14-33(6)29(18-22)23-16-21-9-7-8-10-25(21)27(17-23)31(3,4)5/h7-14,16-20H,6,15H2,1-5H3. The highest BCUT2D eigenvalue weighted by Gasteiger charge is 2.20. The number of rotatable bonds is 3. The van der Waals surface area contributed by atoms with Crippen molar-refractivity contribution in [3.05, 3.63) is 106 Å². The normalized spacial score (nSPS) is 15.0. The number of aromatic nitrogens is 1. The fourth-order valence-electron chi connectivity index (χ4n) is 4.74. The molecule has 0 N–H and O–H groups in total. The molecule has 3 heterocycles. The van der Waals surface area contributed by atoms with Gasteiger partial charge in [0.25, 0.3) is 0 Å². The lowest BCUT2D eigenvalue weighted by Gasteiger charge is -2.23. The van der Waals surface area contributed by atoms with Gasteiger partial charge in [0, 0.05) is 27.5 Å². The van der Waals surface area contributed by atoms with Crippen LogP contribution in [0, 0.1) is 12.6 Å². The highest BCUT2D eigenvalue weighted by molar-refractivity contribution is 7.13. The van der Waals surface area contributed by atoms with Crippen molar-refractivity contribution in [1.29, 1.82) is 0 Å². The Morgan fingerprint density at radius 1 is 1.03 bits per heavy atom. The van der Waals surface area contributed by atoms with Crippen LogP contribution in [0.25, 0.3) is 32.9 Å². The van der Waals surface area contributed by atoms with Gasteiger partial charge in [0.1, 0.15) is 6.72 Å². The molecule has 4 aromatic rings. The van der Waals surface area contributed by atoms with Crippen LogP contribution >= 0.6 is 11.3 Å². The molecule has 172 valence electrons. The predicted molar refractivity (Wildman–Crippen MR) is 146 cm³/mol. The molecule has 2 nitrogen and oxygen atoms in total. The Morgan fingerprint density at radius 2 is 1.82 bits per heavy atom. The third-order valence-corrected chi connectivity index (χ3v) is 7.56. The molecule has 2 aromatic heterocycles. The van der Waals surface area contributed by atoms with Gasteiger partial charge in [-0.05, 0) is 57.0 Å². The summed E-state index contributed by atoms with van der Waals surface area (Å²) >= 11 is 1.88. The van der Waals surface area contributed by atoms with Gasteiger partial charge < -0.3 is 5.32 Å². The Kier molecular flexibility index (Phi) is 5.69. The van der Waals surface area contributed by atoms with E-state index in [0.29, 0.717) is 5.92 Å². The summed E-state index contributed by atoms with van der Waals surface area (Å²) < 4.78 is 1.98. The summed E-state index contributed by atoms with van der Waals surface area (Å²) in [6.07, 6.45) is 7.24. The molecule has 2 aromatic carbocycles. The minimum atomic E-state index is 0.0419. The van der Waals surface area contributed by atoms with Crippen molar-refractivity contribution in [2.24, 2.45) is 5.92 Å². The van der Waals surface area contributed by atoms with E-state index in [2.05, 4.69) is 114 Å². The zero-order valence-corrected chi connectivity index (χ0v) is 21.5. The molecule has 0 spiro atoms. The first-order valence-electron chi connectivity index (χ1n) is 12.0. The fraction of sp³-hybridized carbons (Fsp3) is 0.258. The molecule has 0 atom stereocenters. The second-order valence-corrected chi connectivity index (χ2v) is 11.8. The lowest BCUT2D eigenvalue weighted by molar-refractivity contribution is -0.486. The molecular weight excluding hydrogens is 432 g/mol. The first-order chi connectivity index (χ1) is 16.2. The third-order valence-electron chi connectivity index (χ3n) is 6.38. The molecule has 0 unspecified atom stereocenters. The van der Waals surface area contributed by atoms with Crippen LogP contribution in [0.1, 0.15) is 49.9 Å². The number of hydrogen-bond donors (Lipinski definition) is 0. The number of fused-ring (bicyclic) bond motifs is 2. The highest BCUT2D eigenvalue weighted by atomic mass is 32.1. The first-order valence-corrected chi connectivity index (χ1v) is 12.8. The average Bonchev–Trinajstić information content (AvgIpc) is 3.20. The Bertz CT molecular complexity index is 1530. The van der Waals surface area contributed by atoms with Gasteiger partial charge in [0.2, 0.25) is 5.69 Å². The van der Waals surface area contributed by atoms with Gasteiger partial charge in [-0.15, -0.1) is 17.0 Å². The van der Waals surface area contributed by atoms with E-state index in [1.54, 1.807) is 0 Å². The molecule has 3 heteroatoms. The second-order valence-electron chi connectivity index (χ2n) is 10.6. The number of thiophene rings is 1. The monoisotopic (exact) mass is 464 g/mol. The van der Waals surface area contributed by atoms with Gasteiger partial charge in [-0.3, -0.25) is 0 Å². The summed E-state index contributed by atoms with van der Waals surface area (Å²) in [6.45, 7) is 15.7. The summed E-state index contributed by atoms with van der Waals surface area (Å²) in [5.41, 5.74) is 6.03. The molecule has 0 bridgehead atoms. The van der Waals surface area contributed by atoms with Gasteiger partial charge >= 0.3 is 0 Å². The molecule has 0 fully saturated rings. The maximum Gasteiger partial charge on any atom is 0.217 e. The first kappa shape index (κ1) is 22.6. The predicted octanol–water partition coefficient (Wildman–Crippen LogP) is 7.72. The Labute approximate surface area is 206 Å². The third kappa shape index (κ3) is 4.21. The molecule has 0 saturated carbocycles. The zero-order valence-electron chi connectivity index (χ0n) is 20.7. The second kappa shape index (κ2) is 8.56. The van der Waals surface area contributed by atoms with Crippen molar-refractivity contribution in [2.45, 2.75) is 46.5 Å². The molecule has 5 rings (SSSR count). The van der Waals surface area contributed by atoms with Crippen LogP contribution in [0.15, 0.2) is 73.1 Å². The van der Waals surface area contributed by atoms with E-state index < -0.39 is 0 Å². The van der Waals surface area contributed by atoms with Crippen LogP contribution in [0.5, 0.6) is 0 Å². The SMILES string of the molecule is C=[n+]1ccc(=C2C=C[N-]c3cc(CC(C)C)sc32)cc1-c1cc(C(C)(C)C)c2ccccc2c1. The summed E-state index contributed by atoms with van der Waals surface area (Å²) in [7, 11) is 0. The maximum absolute atomic E-state index is 4.66. The summed E-state index contributed by atoms with van der Waals surface area (Å²) in [6, 6.07) is 20.0. The topological polar surface area (TPSA) is 20.0 Å². The van der Waals surface area contributed by atoms with Gasteiger partial charge in [-0.1, -0.05) is 71.0 Å². The number of allylic oxidation sites excluding steroid dienone is 1. The summed E-state index contributed by atoms with van der Waals surface area (Å²) in [5, 5.41) is 8.44. The zero-order chi connectivity index (χ0) is 24.0. The van der Waals surface area contributed by atoms with Crippen LogP contribution < -0.4 is 9.46 Å². The Hall–Kier alpha value is -3.17. The van der Waals surface area contributed by atoms with Crippen LogP contribution in [0.3, 0.4) is 0 Å². The Balaban J connectivity index is 1.72. The fourth-order valence-corrected chi connectivity index (χ4v) is 6.10. The van der Waals surface area contributed by atoms with E-state index in [1.807, 2.05) is 21.8 Å². The van der Waals surface area contributed by atoms with Crippen LogP contribution in [0.4, 0.5) is 5.69 Å². The number of nitrogens with zero attached hydrogens (tertiary/aromatic N) is 2. The van der Waals surface area contributed by atoms with E-state index >= 15 is 0 Å². The molecule has 34 heavy (non-hydrogen) atoms. The molecule has 0 aliphatic carbocycles. The van der Waals surface area contributed by atoms with Crippen molar-refractivity contribution in [3.63, 3.8) is 0 Å². The van der Waals surface area contributed by atoms with Crippen molar-refractivity contribution in [3.8, 4) is 11.3 Å². The molecule has 0 radical (unpaired) electrons. The van der Waals surface area contributed by atoms with E-state index in [-0.39, 0.29) is 5.41 Å². The van der Waals surface area contributed by atoms with Gasteiger partial charge in [0.05, 0.1) is 0 Å². The van der Waals surface area contributed by atoms with Crippen LogP contribution in [-0.2, 0) is 11.8 Å². The van der Waals surface area contributed by atoms with Gasteiger partial charge in [-0.25, -0.2) is 0 Å². The average molecular weight is 465 g/mol. The van der Waals surface area contributed by atoms with Gasteiger partial charge in [0.15, 0.2) is 6.20 Å². The lowest BCUT2D eigenvalue weighted by Crippen LogP contribution is -2.22. The lowest BCUT2D eigenvalue weighted by atomic mass is 9.82. The van der Waals surface area contributed by atoms with Crippen molar-refractivity contribution < 1.29 is 4.24 Å². The quantitative estimate of drug-likeness (QED) is 0.277. The minimum absolute atomic E-state index is 0.0419. The van der Waals surface area contributed by atoms with E-state index in [9.17, 15) is 0 Å². The molecule has 1 aliphatic heterocycles. The maximum atomic E-state index is 4.66. The van der Waals surface area contributed by atoms with E-state index in [1.165, 1.54) is 42.4 Å². The van der Waals surface area contributed by atoms with Crippen molar-refractivity contribution in [1.82, 2.24) is 0 Å². The molecular formula is C31H32N2S.